The Balaban J connectivity index is 0.999. The highest BCUT2D eigenvalue weighted by atomic mass is 31.2. The van der Waals surface area contributed by atoms with Crippen LogP contribution in [0.1, 0.15) is 0 Å². The first kappa shape index (κ1) is 39.1. The third-order valence-corrected chi connectivity index (χ3v) is 20.1. The maximum atomic E-state index is 15.7. The lowest BCUT2D eigenvalue weighted by molar-refractivity contribution is 0.486. The smallest absolute Gasteiger partial charge is 0.178 e. The Morgan fingerprint density at radius 1 is 0.309 bits per heavy atom. The van der Waals surface area contributed by atoms with Gasteiger partial charge in [-0.2, -0.15) is 0 Å². The molecule has 322 valence electrons. The zero-order valence-corrected chi connectivity index (χ0v) is 38.2. The van der Waals surface area contributed by atoms with Gasteiger partial charge in [0.25, 0.3) is 0 Å². The number of para-hydroxylation sites is 6. The first-order chi connectivity index (χ1) is 33.5. The number of aromatic nitrogens is 2. The van der Waals surface area contributed by atoms with Gasteiger partial charge >= 0.3 is 0 Å². The fourth-order valence-electron chi connectivity index (χ4n) is 10.8. The summed E-state index contributed by atoms with van der Waals surface area (Å²) < 4.78 is 49.7. The molecule has 0 spiro atoms. The highest BCUT2D eigenvalue weighted by Gasteiger charge is 2.41. The topological polar surface area (TPSA) is 62.5 Å². The van der Waals surface area contributed by atoms with Crippen LogP contribution in [0, 0.1) is 0 Å². The Kier molecular flexibility index (Phi) is 8.43. The normalized spacial score (nSPS) is 17.0. The summed E-state index contributed by atoms with van der Waals surface area (Å²) in [6.45, 7) is 0. The molecule has 2 aromatic heterocycles. The largest absolute Gasteiger partial charge is 0.455 e. The van der Waals surface area contributed by atoms with Crippen molar-refractivity contribution in [3.05, 3.63) is 231 Å². The molecule has 0 N–H and O–H groups in total. The van der Waals surface area contributed by atoms with E-state index in [1.54, 1.807) is 0 Å². The number of ether oxygens (including phenoxy) is 2. The highest BCUT2D eigenvalue weighted by Crippen LogP contribution is 2.55. The standard InChI is InChI=1S/C60H38N2O4P2/c63-67(41-17-3-1-4-18-41)55-29-13-11-27-53(55)65-59-43(23-15-31-57(59)67)39-33-35-47-45-21-7-9-25-49(45)61(51(47)37-39)62-50-26-10-8-22-46(50)48-36-34-40(38-52(48)62)44-24-16-32-58-60(44)66-54-28-12-14-30-56(54)68(58,64)42-19-5-2-6-20-42/h1-38H. The number of hydrogen-bond acceptors (Lipinski definition) is 4. The average molecular weight is 913 g/mol. The lowest BCUT2D eigenvalue weighted by atomic mass is 10.0. The van der Waals surface area contributed by atoms with Crippen LogP contribution in [0.2, 0.25) is 0 Å². The predicted molar refractivity (Wildman–Crippen MR) is 279 cm³/mol. The minimum atomic E-state index is -3.30. The molecule has 4 heterocycles. The second kappa shape index (κ2) is 14.7. The van der Waals surface area contributed by atoms with Gasteiger partial charge < -0.3 is 18.6 Å². The summed E-state index contributed by atoms with van der Waals surface area (Å²) in [5.41, 5.74) is 7.68. The third kappa shape index (κ3) is 5.42. The molecule has 0 amide bonds. The van der Waals surface area contributed by atoms with Crippen LogP contribution in [0.4, 0.5) is 0 Å². The molecular formula is C60H38N2O4P2. The van der Waals surface area contributed by atoms with Crippen LogP contribution in [-0.2, 0) is 9.13 Å². The molecule has 0 saturated heterocycles. The number of benzene rings is 10. The van der Waals surface area contributed by atoms with E-state index >= 15 is 9.13 Å². The number of rotatable bonds is 5. The lowest BCUT2D eigenvalue weighted by Gasteiger charge is -2.30. The molecule has 68 heavy (non-hydrogen) atoms. The van der Waals surface area contributed by atoms with Crippen molar-refractivity contribution >= 4 is 89.7 Å². The SMILES string of the molecule is O=P1(c2ccccc2)c2ccccc2Oc2c(-c3ccc4c5ccccc5n(-n5c6ccccc6c6ccc(-c7cccc8c7Oc7ccccc7P8(=O)c7ccccc7)cc65)c4c3)cccc21. The van der Waals surface area contributed by atoms with Gasteiger partial charge in [0.1, 0.15) is 23.0 Å². The second-order valence-corrected chi connectivity index (χ2v) is 22.9. The van der Waals surface area contributed by atoms with Crippen LogP contribution in [0.15, 0.2) is 231 Å². The van der Waals surface area contributed by atoms with Gasteiger partial charge in [0.2, 0.25) is 0 Å². The molecule has 0 saturated carbocycles. The van der Waals surface area contributed by atoms with Crippen LogP contribution in [0.5, 0.6) is 23.0 Å². The van der Waals surface area contributed by atoms with Crippen molar-refractivity contribution in [1.29, 1.82) is 0 Å². The Morgan fingerprint density at radius 3 is 1.13 bits per heavy atom. The van der Waals surface area contributed by atoms with E-state index in [4.69, 9.17) is 9.47 Å². The van der Waals surface area contributed by atoms with E-state index < -0.39 is 14.3 Å². The fraction of sp³-hybridized carbons (Fsp3) is 0. The fourth-order valence-corrected chi connectivity index (χ4v) is 16.6. The molecule has 10 aromatic carbocycles. The summed E-state index contributed by atoms with van der Waals surface area (Å²) in [5, 5.41) is 8.75. The molecule has 8 heteroatoms. The van der Waals surface area contributed by atoms with Gasteiger partial charge in [0, 0.05) is 43.3 Å². The molecular weight excluding hydrogens is 875 g/mol. The van der Waals surface area contributed by atoms with E-state index in [9.17, 15) is 0 Å². The van der Waals surface area contributed by atoms with Crippen LogP contribution >= 0.6 is 14.3 Å². The molecule has 2 aliphatic rings. The molecule has 2 aliphatic heterocycles. The van der Waals surface area contributed by atoms with Gasteiger partial charge in [0.05, 0.1) is 43.3 Å². The molecule has 2 atom stereocenters. The molecule has 0 aliphatic carbocycles. The van der Waals surface area contributed by atoms with Gasteiger partial charge in [-0.3, -0.25) is 0 Å². The zero-order valence-electron chi connectivity index (χ0n) is 36.4. The molecule has 0 fully saturated rings. The number of fused-ring (bicyclic) bond motifs is 10. The van der Waals surface area contributed by atoms with E-state index in [0.717, 1.165) is 76.5 Å². The van der Waals surface area contributed by atoms with Crippen molar-refractivity contribution in [1.82, 2.24) is 9.35 Å². The number of nitrogens with zero attached hydrogens (tertiary/aromatic N) is 2. The summed E-state index contributed by atoms with van der Waals surface area (Å²) in [6.07, 6.45) is 0. The summed E-state index contributed by atoms with van der Waals surface area (Å²) in [7, 11) is -6.61. The Bertz CT molecular complexity index is 3900. The molecule has 0 bridgehead atoms. The van der Waals surface area contributed by atoms with Gasteiger partial charge in [-0.15, -0.1) is 0 Å². The van der Waals surface area contributed by atoms with Crippen molar-refractivity contribution < 1.29 is 18.6 Å². The van der Waals surface area contributed by atoms with Crippen LogP contribution in [0.3, 0.4) is 0 Å². The average Bonchev–Trinajstić information content (AvgIpc) is 3.90. The summed E-state index contributed by atoms with van der Waals surface area (Å²) in [4.78, 5) is 0. The van der Waals surface area contributed by atoms with Crippen molar-refractivity contribution in [3.8, 4) is 45.3 Å². The maximum absolute atomic E-state index is 15.7. The number of hydrogen-bond donors (Lipinski definition) is 0. The van der Waals surface area contributed by atoms with E-state index in [1.807, 2.05) is 133 Å². The zero-order chi connectivity index (χ0) is 45.1. The monoisotopic (exact) mass is 912 g/mol. The summed E-state index contributed by atoms with van der Waals surface area (Å²) >= 11 is 0. The highest BCUT2D eigenvalue weighted by molar-refractivity contribution is 7.86. The molecule has 6 nitrogen and oxygen atoms in total. The lowest BCUT2D eigenvalue weighted by Crippen LogP contribution is -2.30. The quantitative estimate of drug-likeness (QED) is 0.161. The van der Waals surface area contributed by atoms with Crippen LogP contribution in [0.25, 0.3) is 65.9 Å². The van der Waals surface area contributed by atoms with Crippen molar-refractivity contribution in [2.45, 2.75) is 0 Å². The summed E-state index contributed by atoms with van der Waals surface area (Å²) in [5.74, 6) is 2.42. The molecule has 2 unspecified atom stereocenters. The predicted octanol–water partition coefficient (Wildman–Crippen LogP) is 13.0. The molecule has 12 aromatic rings. The van der Waals surface area contributed by atoms with Gasteiger partial charge in [-0.1, -0.05) is 170 Å². The van der Waals surface area contributed by atoms with E-state index in [0.29, 0.717) is 44.2 Å². The Hall–Kier alpha value is -8.14. The minimum absolute atomic E-state index is 0.605. The van der Waals surface area contributed by atoms with Gasteiger partial charge in [-0.05, 0) is 71.8 Å². The maximum Gasteiger partial charge on any atom is 0.178 e. The Morgan fingerprint density at radius 2 is 0.676 bits per heavy atom. The van der Waals surface area contributed by atoms with E-state index in [-0.39, 0.29) is 0 Å². The van der Waals surface area contributed by atoms with Crippen LogP contribution < -0.4 is 41.3 Å². The minimum Gasteiger partial charge on any atom is -0.455 e. The summed E-state index contributed by atoms with van der Waals surface area (Å²) in [6, 6.07) is 77.3. The van der Waals surface area contributed by atoms with Crippen molar-refractivity contribution in [2.75, 3.05) is 0 Å². The van der Waals surface area contributed by atoms with E-state index in [2.05, 4.69) is 106 Å². The molecule has 14 rings (SSSR count). The van der Waals surface area contributed by atoms with E-state index in [1.165, 1.54) is 0 Å². The van der Waals surface area contributed by atoms with Crippen molar-refractivity contribution in [2.24, 2.45) is 0 Å². The second-order valence-electron chi connectivity index (χ2n) is 17.5. The first-order valence-electron chi connectivity index (χ1n) is 22.7. The van der Waals surface area contributed by atoms with Gasteiger partial charge in [-0.25, -0.2) is 9.35 Å². The van der Waals surface area contributed by atoms with Crippen LogP contribution in [-0.4, -0.2) is 9.35 Å². The third-order valence-electron chi connectivity index (χ3n) is 13.9. The first-order valence-corrected chi connectivity index (χ1v) is 26.1. The molecule has 0 radical (unpaired) electrons. The van der Waals surface area contributed by atoms with Crippen molar-refractivity contribution in [3.63, 3.8) is 0 Å². The van der Waals surface area contributed by atoms with Gasteiger partial charge in [0.15, 0.2) is 14.3 Å². The Labute approximate surface area is 391 Å².